The van der Waals surface area contributed by atoms with E-state index in [9.17, 15) is 4.79 Å². The molecule has 124 valence electrons. The van der Waals surface area contributed by atoms with Gasteiger partial charge in [-0.2, -0.15) is 0 Å². The summed E-state index contributed by atoms with van der Waals surface area (Å²) < 4.78 is 1.06. The van der Waals surface area contributed by atoms with Crippen LogP contribution in [0.4, 0.5) is 17.1 Å². The highest BCUT2D eigenvalue weighted by Gasteiger charge is 2.34. The molecule has 1 aromatic heterocycles. The lowest BCUT2D eigenvalue weighted by Crippen LogP contribution is -2.25. The van der Waals surface area contributed by atoms with E-state index >= 15 is 0 Å². The van der Waals surface area contributed by atoms with Gasteiger partial charge in [0.15, 0.2) is 0 Å². The number of amides is 1. The van der Waals surface area contributed by atoms with Crippen LogP contribution in [0.1, 0.15) is 5.56 Å². The van der Waals surface area contributed by atoms with E-state index < -0.39 is 0 Å². The minimum atomic E-state index is -0.109. The number of para-hydroxylation sites is 2. The number of carbonyl (C=O) groups excluding carboxylic acids is 1. The molecule has 0 N–H and O–H groups in total. The third-order valence-corrected chi connectivity index (χ3v) is 5.17. The largest absolute Gasteiger partial charge is 0.282 e. The van der Waals surface area contributed by atoms with Crippen LogP contribution in [0.3, 0.4) is 0 Å². The van der Waals surface area contributed by atoms with Gasteiger partial charge >= 0.3 is 0 Å². The van der Waals surface area contributed by atoms with E-state index in [1.807, 2.05) is 78.3 Å². The zero-order valence-corrected chi connectivity index (χ0v) is 14.5. The lowest BCUT2D eigenvalue weighted by atomic mass is 10.1. The second kappa shape index (κ2) is 5.89. The molecule has 0 unspecified atom stereocenters. The highest BCUT2D eigenvalue weighted by Crippen LogP contribution is 2.36. The molecule has 5 heteroatoms. The maximum atomic E-state index is 13.2. The lowest BCUT2D eigenvalue weighted by molar-refractivity contribution is -0.111. The number of hydrogen-bond donors (Lipinski definition) is 0. The summed E-state index contributed by atoms with van der Waals surface area (Å²) in [5.41, 5.74) is 6.54. The van der Waals surface area contributed by atoms with E-state index in [1.54, 1.807) is 16.2 Å². The van der Waals surface area contributed by atoms with Crippen LogP contribution >= 0.6 is 11.3 Å². The van der Waals surface area contributed by atoms with Crippen molar-refractivity contribution in [2.45, 2.75) is 0 Å². The minimum Gasteiger partial charge on any atom is -0.275 e. The molecule has 2 heterocycles. The number of aliphatic imine (C=N–C) groups is 1. The Morgan fingerprint density at radius 3 is 2.62 bits per heavy atom. The normalized spacial score (nSPS) is 15.0. The Bertz CT molecular complexity index is 1160. The number of hydrogen-bond acceptors (Lipinski definition) is 4. The monoisotopic (exact) mass is 355 g/mol. The zero-order valence-electron chi connectivity index (χ0n) is 13.7. The van der Waals surface area contributed by atoms with Crippen LogP contribution in [-0.4, -0.2) is 16.6 Å². The first-order valence-electron chi connectivity index (χ1n) is 8.22. The maximum Gasteiger partial charge on any atom is 0.282 e. The molecule has 0 aliphatic carbocycles. The molecule has 0 spiro atoms. The number of carbonyl (C=O) groups is 1. The average Bonchev–Trinajstić information content (AvgIpc) is 3.25. The number of rotatable bonds is 2. The fraction of sp³-hybridized carbons (Fsp3) is 0. The Balaban J connectivity index is 1.66. The summed E-state index contributed by atoms with van der Waals surface area (Å²) in [5.74, 6) is -0.109. The molecule has 26 heavy (non-hydrogen) atoms. The molecule has 5 rings (SSSR count). The van der Waals surface area contributed by atoms with Crippen LogP contribution in [0, 0.1) is 0 Å². The number of nitrogens with zero attached hydrogens (tertiary/aromatic N) is 3. The first-order chi connectivity index (χ1) is 12.8. The highest BCUT2D eigenvalue weighted by molar-refractivity contribution is 7.16. The smallest absolute Gasteiger partial charge is 0.275 e. The minimum absolute atomic E-state index is 0.109. The Hall–Kier alpha value is -3.31. The molecule has 4 nitrogen and oxygen atoms in total. The molecule has 0 radical (unpaired) electrons. The van der Waals surface area contributed by atoms with Gasteiger partial charge in [-0.05, 0) is 36.4 Å². The summed E-state index contributed by atoms with van der Waals surface area (Å²) in [6, 6.07) is 23.2. The molecule has 4 aromatic rings. The van der Waals surface area contributed by atoms with Crippen LogP contribution in [0.25, 0.3) is 10.2 Å². The van der Waals surface area contributed by atoms with Gasteiger partial charge in [-0.15, -0.1) is 11.3 Å². The summed E-state index contributed by atoms with van der Waals surface area (Å²) in [6.07, 6.45) is 0. The Morgan fingerprint density at radius 1 is 0.923 bits per heavy atom. The number of fused-ring (bicyclic) bond motifs is 2. The summed E-state index contributed by atoms with van der Waals surface area (Å²) in [4.78, 5) is 23.9. The van der Waals surface area contributed by atoms with Crippen LogP contribution in [0.15, 0.2) is 83.3 Å². The Morgan fingerprint density at radius 2 is 1.73 bits per heavy atom. The SMILES string of the molecule is O=C1/C(=N\c2ccc3ncsc3c2)c2ccccc2N1c1ccccc1. The van der Waals surface area contributed by atoms with Crippen LogP contribution in [0.2, 0.25) is 0 Å². The molecule has 0 atom stereocenters. The van der Waals surface area contributed by atoms with Gasteiger partial charge in [0.1, 0.15) is 5.71 Å². The van der Waals surface area contributed by atoms with Gasteiger partial charge in [0.2, 0.25) is 0 Å². The van der Waals surface area contributed by atoms with E-state index in [0.717, 1.165) is 32.8 Å². The third kappa shape index (κ3) is 2.33. The van der Waals surface area contributed by atoms with E-state index in [4.69, 9.17) is 4.99 Å². The predicted octanol–water partition coefficient (Wildman–Crippen LogP) is 5.10. The molecule has 0 fully saturated rings. The van der Waals surface area contributed by atoms with Crippen molar-refractivity contribution >= 4 is 50.2 Å². The van der Waals surface area contributed by atoms with Gasteiger partial charge in [0.25, 0.3) is 5.91 Å². The summed E-state index contributed by atoms with van der Waals surface area (Å²) in [7, 11) is 0. The number of thiazole rings is 1. The summed E-state index contributed by atoms with van der Waals surface area (Å²) in [5, 5.41) is 0. The van der Waals surface area contributed by atoms with Gasteiger partial charge in [-0.1, -0.05) is 36.4 Å². The number of anilines is 2. The topological polar surface area (TPSA) is 45.6 Å². The van der Waals surface area contributed by atoms with Gasteiger partial charge in [-0.3, -0.25) is 9.69 Å². The van der Waals surface area contributed by atoms with Crippen molar-refractivity contribution in [3.05, 3.63) is 83.9 Å². The van der Waals surface area contributed by atoms with Crippen molar-refractivity contribution in [1.29, 1.82) is 0 Å². The van der Waals surface area contributed by atoms with Crippen molar-refractivity contribution in [1.82, 2.24) is 4.98 Å². The van der Waals surface area contributed by atoms with Crippen molar-refractivity contribution in [2.75, 3.05) is 4.90 Å². The third-order valence-electron chi connectivity index (χ3n) is 4.38. The lowest BCUT2D eigenvalue weighted by Gasteiger charge is -2.16. The fourth-order valence-electron chi connectivity index (χ4n) is 3.18. The van der Waals surface area contributed by atoms with Crippen LogP contribution in [0.5, 0.6) is 0 Å². The molecule has 3 aromatic carbocycles. The number of benzene rings is 3. The van der Waals surface area contributed by atoms with E-state index in [0.29, 0.717) is 5.71 Å². The van der Waals surface area contributed by atoms with Crippen molar-refractivity contribution in [2.24, 2.45) is 4.99 Å². The van der Waals surface area contributed by atoms with Crippen molar-refractivity contribution in [3.63, 3.8) is 0 Å². The van der Waals surface area contributed by atoms with E-state index in [2.05, 4.69) is 4.98 Å². The van der Waals surface area contributed by atoms with Crippen LogP contribution in [-0.2, 0) is 4.79 Å². The quantitative estimate of drug-likeness (QED) is 0.502. The maximum absolute atomic E-state index is 13.2. The standard InChI is InChI=1S/C21H13N3OS/c25-21-20(23-14-10-11-17-19(12-14)26-13-22-17)16-8-4-5-9-18(16)24(21)15-6-2-1-3-7-15/h1-13H/b23-20-. The first-order valence-corrected chi connectivity index (χ1v) is 9.10. The molecule has 1 amide bonds. The second-order valence-corrected chi connectivity index (χ2v) is 6.84. The number of aromatic nitrogens is 1. The summed E-state index contributed by atoms with van der Waals surface area (Å²) >= 11 is 1.57. The highest BCUT2D eigenvalue weighted by atomic mass is 32.1. The molecule has 0 bridgehead atoms. The molecule has 0 saturated heterocycles. The molecule has 0 saturated carbocycles. The van der Waals surface area contributed by atoms with Crippen molar-refractivity contribution in [3.8, 4) is 0 Å². The Labute approximate surface area is 154 Å². The molecular weight excluding hydrogens is 342 g/mol. The van der Waals surface area contributed by atoms with E-state index in [1.165, 1.54) is 0 Å². The van der Waals surface area contributed by atoms with Gasteiger partial charge in [0.05, 0.1) is 27.1 Å². The first kappa shape index (κ1) is 15.0. The van der Waals surface area contributed by atoms with Gasteiger partial charge in [-0.25, -0.2) is 9.98 Å². The Kier molecular flexibility index (Phi) is 3.40. The fourth-order valence-corrected chi connectivity index (χ4v) is 3.89. The van der Waals surface area contributed by atoms with Crippen molar-refractivity contribution < 1.29 is 4.79 Å². The molecule has 1 aliphatic rings. The van der Waals surface area contributed by atoms with Crippen LogP contribution < -0.4 is 4.90 Å². The van der Waals surface area contributed by atoms with Gasteiger partial charge in [0, 0.05) is 11.3 Å². The predicted molar refractivity (Wildman–Crippen MR) is 106 cm³/mol. The van der Waals surface area contributed by atoms with Gasteiger partial charge < -0.3 is 0 Å². The zero-order chi connectivity index (χ0) is 17.5. The molecule has 1 aliphatic heterocycles. The van der Waals surface area contributed by atoms with E-state index in [-0.39, 0.29) is 5.91 Å². The average molecular weight is 355 g/mol. The molecular formula is C21H13N3OS. The summed E-state index contributed by atoms with van der Waals surface area (Å²) in [6.45, 7) is 0. The second-order valence-electron chi connectivity index (χ2n) is 5.96.